The molecule has 0 fully saturated rings. The van der Waals surface area contributed by atoms with Crippen molar-refractivity contribution in [2.75, 3.05) is 26.0 Å². The van der Waals surface area contributed by atoms with Crippen LogP contribution in [-0.2, 0) is 18.8 Å². The summed E-state index contributed by atoms with van der Waals surface area (Å²) in [5, 5.41) is 0. The number of hydrogen-bond donors (Lipinski definition) is 0. The molecular formula is C15H30O4P+. The lowest BCUT2D eigenvalue weighted by molar-refractivity contribution is -0.143. The van der Waals surface area contributed by atoms with E-state index in [9.17, 15) is 9.36 Å². The largest absolute Gasteiger partial charge is 0.461 e. The predicted octanol–water partition coefficient (Wildman–Crippen LogP) is 3.85. The van der Waals surface area contributed by atoms with Gasteiger partial charge in [-0.2, -0.15) is 0 Å². The molecule has 0 heterocycles. The average molecular weight is 305 g/mol. The number of ether oxygens (including phenoxy) is 2. The molecule has 0 radical (unpaired) electrons. The number of carbonyl (C=O) groups excluding carboxylic acids is 1. The topological polar surface area (TPSA) is 52.6 Å². The normalized spacial score (nSPS) is 13.7. The van der Waals surface area contributed by atoms with Gasteiger partial charge in [-0.1, -0.05) is 39.2 Å². The van der Waals surface area contributed by atoms with Gasteiger partial charge in [0.15, 0.2) is 11.8 Å². The molecule has 0 aromatic heterocycles. The molecule has 2 atom stereocenters. The molecule has 5 heteroatoms. The second-order valence-corrected chi connectivity index (χ2v) is 7.73. The summed E-state index contributed by atoms with van der Waals surface area (Å²) in [6.45, 7) is 11.6. The van der Waals surface area contributed by atoms with Crippen LogP contribution in [0.1, 0.15) is 47.5 Å². The first-order valence-corrected chi connectivity index (χ1v) is 9.07. The Kier molecular flexibility index (Phi) is 11.0. The zero-order valence-corrected chi connectivity index (χ0v) is 14.4. The Hall–Kier alpha value is -0.470. The fraction of sp³-hybridized carbons (Fsp3) is 0.933. The third-order valence-electron chi connectivity index (χ3n) is 3.14. The molecule has 2 unspecified atom stereocenters. The monoisotopic (exact) mass is 305 g/mol. The second kappa shape index (κ2) is 11.2. The summed E-state index contributed by atoms with van der Waals surface area (Å²) in [7, 11) is -1.40. The smallest absolute Gasteiger partial charge is 0.348 e. The van der Waals surface area contributed by atoms with Crippen LogP contribution in [0.15, 0.2) is 0 Å². The highest BCUT2D eigenvalue weighted by atomic mass is 31.1. The zero-order chi connectivity index (χ0) is 15.5. The maximum Gasteiger partial charge on any atom is 0.348 e. The first-order chi connectivity index (χ1) is 9.38. The van der Waals surface area contributed by atoms with E-state index in [1.54, 1.807) is 6.92 Å². The van der Waals surface area contributed by atoms with Crippen molar-refractivity contribution in [3.05, 3.63) is 0 Å². The molecule has 0 saturated carbocycles. The quantitative estimate of drug-likeness (QED) is 0.330. The summed E-state index contributed by atoms with van der Waals surface area (Å²) < 4.78 is 22.9. The minimum Gasteiger partial charge on any atom is -0.461 e. The molecule has 0 aliphatic rings. The van der Waals surface area contributed by atoms with Crippen molar-refractivity contribution in [3.8, 4) is 0 Å². The lowest BCUT2D eigenvalue weighted by Crippen LogP contribution is -2.22. The van der Waals surface area contributed by atoms with Crippen LogP contribution in [0.3, 0.4) is 0 Å². The van der Waals surface area contributed by atoms with Gasteiger partial charge in [0, 0.05) is 18.9 Å². The predicted molar refractivity (Wildman–Crippen MR) is 82.6 cm³/mol. The molecule has 0 aromatic rings. The van der Waals surface area contributed by atoms with Gasteiger partial charge in [0.2, 0.25) is 0 Å². The molecule has 0 N–H and O–H groups in total. The van der Waals surface area contributed by atoms with Crippen molar-refractivity contribution in [1.29, 1.82) is 0 Å². The summed E-state index contributed by atoms with van der Waals surface area (Å²) in [6.07, 6.45) is 1.93. The third kappa shape index (κ3) is 9.44. The molecule has 0 spiro atoms. The van der Waals surface area contributed by atoms with E-state index in [0.717, 1.165) is 13.0 Å². The van der Waals surface area contributed by atoms with Gasteiger partial charge in [-0.3, -0.25) is 4.79 Å². The van der Waals surface area contributed by atoms with E-state index in [1.165, 1.54) is 0 Å². The van der Waals surface area contributed by atoms with Crippen LogP contribution in [-0.4, -0.2) is 37.6 Å². The molecule has 20 heavy (non-hydrogen) atoms. The molecule has 0 rings (SSSR count). The number of hydrogen-bond acceptors (Lipinski definition) is 4. The Morgan fingerprint density at radius 3 is 2.30 bits per heavy atom. The van der Waals surface area contributed by atoms with Crippen LogP contribution in [0.2, 0.25) is 0 Å². The van der Waals surface area contributed by atoms with Gasteiger partial charge in [0.1, 0.15) is 6.61 Å². The Morgan fingerprint density at radius 2 is 1.80 bits per heavy atom. The molecule has 0 amide bonds. The number of carbonyl (C=O) groups is 1. The van der Waals surface area contributed by atoms with Crippen LogP contribution in [0.5, 0.6) is 0 Å². The molecule has 0 aliphatic carbocycles. The Balaban J connectivity index is 4.00. The van der Waals surface area contributed by atoms with Crippen LogP contribution in [0.4, 0.5) is 0 Å². The van der Waals surface area contributed by atoms with E-state index in [-0.39, 0.29) is 24.2 Å². The van der Waals surface area contributed by atoms with Gasteiger partial charge in [0.05, 0.1) is 6.61 Å². The standard InChI is InChI=1S/C15H30O4P/c1-6-15(16)19-11-14(13(4)5)20(17)10-9-18-8-7-12(2)3/h12-14H,6-11H2,1-5H3/q+1. The summed E-state index contributed by atoms with van der Waals surface area (Å²) in [4.78, 5) is 11.2. The first-order valence-electron chi connectivity index (χ1n) is 7.55. The third-order valence-corrected chi connectivity index (χ3v) is 5.25. The molecule has 4 nitrogen and oxygen atoms in total. The van der Waals surface area contributed by atoms with E-state index in [2.05, 4.69) is 13.8 Å². The van der Waals surface area contributed by atoms with Gasteiger partial charge >= 0.3 is 13.8 Å². The van der Waals surface area contributed by atoms with Crippen molar-refractivity contribution in [2.24, 2.45) is 11.8 Å². The molecule has 0 saturated heterocycles. The highest BCUT2D eigenvalue weighted by molar-refractivity contribution is 7.45. The summed E-state index contributed by atoms with van der Waals surface area (Å²) in [6, 6.07) is 0. The van der Waals surface area contributed by atoms with Crippen LogP contribution < -0.4 is 0 Å². The highest BCUT2D eigenvalue weighted by Gasteiger charge is 2.34. The minimum atomic E-state index is -1.40. The van der Waals surface area contributed by atoms with Gasteiger partial charge in [0.25, 0.3) is 0 Å². The van der Waals surface area contributed by atoms with Crippen molar-refractivity contribution < 1.29 is 18.8 Å². The first kappa shape index (κ1) is 19.5. The minimum absolute atomic E-state index is 0.0748. The van der Waals surface area contributed by atoms with Gasteiger partial charge in [-0.25, -0.2) is 0 Å². The van der Waals surface area contributed by atoms with Crippen molar-refractivity contribution in [1.82, 2.24) is 0 Å². The fourth-order valence-electron chi connectivity index (χ4n) is 1.63. The molecule has 0 bridgehead atoms. The van der Waals surface area contributed by atoms with Crippen LogP contribution >= 0.6 is 7.80 Å². The lowest BCUT2D eigenvalue weighted by Gasteiger charge is -2.12. The van der Waals surface area contributed by atoms with E-state index in [0.29, 0.717) is 25.1 Å². The van der Waals surface area contributed by atoms with Crippen LogP contribution in [0.25, 0.3) is 0 Å². The van der Waals surface area contributed by atoms with E-state index >= 15 is 0 Å². The van der Waals surface area contributed by atoms with Gasteiger partial charge in [-0.05, 0) is 12.3 Å². The van der Waals surface area contributed by atoms with Crippen molar-refractivity contribution >= 4 is 13.8 Å². The Bertz CT molecular complexity index is 290. The lowest BCUT2D eigenvalue weighted by atomic mass is 10.1. The maximum absolute atomic E-state index is 12.3. The fourth-order valence-corrected chi connectivity index (χ4v) is 3.18. The number of esters is 1. The second-order valence-electron chi connectivity index (χ2n) is 5.78. The Labute approximate surface area is 124 Å². The van der Waals surface area contributed by atoms with Crippen LogP contribution in [0, 0.1) is 11.8 Å². The van der Waals surface area contributed by atoms with Crippen molar-refractivity contribution in [3.63, 3.8) is 0 Å². The highest BCUT2D eigenvalue weighted by Crippen LogP contribution is 2.33. The average Bonchev–Trinajstić information content (AvgIpc) is 2.37. The summed E-state index contributed by atoms with van der Waals surface area (Å²) >= 11 is 0. The maximum atomic E-state index is 12.3. The molecule has 0 aromatic carbocycles. The summed E-state index contributed by atoms with van der Waals surface area (Å²) in [5.41, 5.74) is -0.0748. The van der Waals surface area contributed by atoms with Gasteiger partial charge < -0.3 is 9.47 Å². The molecule has 118 valence electrons. The van der Waals surface area contributed by atoms with E-state index in [4.69, 9.17) is 9.47 Å². The number of rotatable bonds is 11. The van der Waals surface area contributed by atoms with E-state index < -0.39 is 7.80 Å². The summed E-state index contributed by atoms with van der Waals surface area (Å²) in [5.74, 6) is 0.631. The van der Waals surface area contributed by atoms with Crippen molar-refractivity contribution in [2.45, 2.75) is 53.1 Å². The molecular weight excluding hydrogens is 275 g/mol. The van der Waals surface area contributed by atoms with E-state index in [1.807, 2.05) is 13.8 Å². The SMILES string of the molecule is CCC(=O)OCC(C(C)C)[P+](=O)CCOCCC(C)C. The van der Waals surface area contributed by atoms with Gasteiger partial charge in [-0.15, -0.1) is 0 Å². The Morgan fingerprint density at radius 1 is 1.15 bits per heavy atom. The zero-order valence-electron chi connectivity index (χ0n) is 13.6. The molecule has 0 aliphatic heterocycles.